The van der Waals surface area contributed by atoms with Crippen LogP contribution in [0.4, 0.5) is 5.69 Å². The van der Waals surface area contributed by atoms with Crippen LogP contribution >= 0.6 is 15.9 Å². The van der Waals surface area contributed by atoms with Crippen molar-refractivity contribution in [2.45, 2.75) is 6.92 Å². The van der Waals surface area contributed by atoms with Crippen LogP contribution in [0.5, 0.6) is 0 Å². The third-order valence-electron chi connectivity index (χ3n) is 2.78. The topological polar surface area (TPSA) is 59.3 Å². The van der Waals surface area contributed by atoms with Crippen molar-refractivity contribution in [3.05, 3.63) is 58.5 Å². The number of carbonyl (C=O) groups is 1. The molecule has 3 rings (SSSR count). The zero-order valence-corrected chi connectivity index (χ0v) is 12.3. The van der Waals surface area contributed by atoms with E-state index in [1.165, 1.54) is 0 Å². The Bertz CT molecular complexity index is 797. The molecule has 3 aromatic rings. The lowest BCUT2D eigenvalue weighted by Crippen LogP contribution is -2.12. The molecule has 0 radical (unpaired) electrons. The number of nitrogens with zero attached hydrogens (tertiary/aromatic N) is 3. The maximum Gasteiger partial charge on any atom is 0.255 e. The molecular formula is C14H11BrN4O. The molecule has 2 heterocycles. The molecule has 0 atom stereocenters. The lowest BCUT2D eigenvalue weighted by atomic mass is 10.2. The van der Waals surface area contributed by atoms with E-state index in [1.807, 2.05) is 25.1 Å². The molecule has 0 aliphatic heterocycles. The van der Waals surface area contributed by atoms with Gasteiger partial charge in [-0.1, -0.05) is 22.0 Å². The van der Waals surface area contributed by atoms with E-state index in [0.29, 0.717) is 17.1 Å². The first-order valence-electron chi connectivity index (χ1n) is 6.02. The number of hydrogen-bond donors (Lipinski definition) is 1. The third kappa shape index (κ3) is 2.55. The molecule has 1 amide bonds. The van der Waals surface area contributed by atoms with E-state index >= 15 is 0 Å². The minimum absolute atomic E-state index is 0.164. The molecule has 20 heavy (non-hydrogen) atoms. The van der Waals surface area contributed by atoms with Gasteiger partial charge in [0.25, 0.3) is 5.91 Å². The summed E-state index contributed by atoms with van der Waals surface area (Å²) in [7, 11) is 0. The first kappa shape index (κ1) is 12.8. The Balaban J connectivity index is 1.87. The number of halogens is 1. The summed E-state index contributed by atoms with van der Waals surface area (Å²) in [5.41, 5.74) is 2.02. The van der Waals surface area contributed by atoms with Crippen LogP contribution in [0.15, 0.2) is 47.1 Å². The molecule has 0 saturated heterocycles. The van der Waals surface area contributed by atoms with Gasteiger partial charge in [-0.05, 0) is 37.3 Å². The smallest absolute Gasteiger partial charge is 0.255 e. The predicted octanol–water partition coefficient (Wildman–Crippen LogP) is 3.05. The number of fused-ring (bicyclic) bond motifs is 1. The summed E-state index contributed by atoms with van der Waals surface area (Å²) in [4.78, 5) is 16.4. The summed E-state index contributed by atoms with van der Waals surface area (Å²) in [6, 6.07) is 10.9. The molecule has 1 N–H and O–H groups in total. The van der Waals surface area contributed by atoms with Crippen molar-refractivity contribution < 1.29 is 4.79 Å². The maximum atomic E-state index is 12.1. The second-order valence-corrected chi connectivity index (χ2v) is 5.26. The average Bonchev–Trinajstić information content (AvgIpc) is 2.78. The van der Waals surface area contributed by atoms with Crippen LogP contribution in [0, 0.1) is 6.92 Å². The van der Waals surface area contributed by atoms with Gasteiger partial charge in [0, 0.05) is 10.0 Å². The van der Waals surface area contributed by atoms with Crippen LogP contribution in [0.2, 0.25) is 0 Å². The fourth-order valence-electron chi connectivity index (χ4n) is 1.90. The maximum absolute atomic E-state index is 12.1. The summed E-state index contributed by atoms with van der Waals surface area (Å²) in [5, 5.41) is 7.05. The van der Waals surface area contributed by atoms with Gasteiger partial charge < -0.3 is 5.32 Å². The van der Waals surface area contributed by atoms with Gasteiger partial charge in [-0.3, -0.25) is 4.79 Å². The Hall–Kier alpha value is -2.21. The highest BCUT2D eigenvalue weighted by molar-refractivity contribution is 9.10. The summed E-state index contributed by atoms with van der Waals surface area (Å²) in [6.07, 6.45) is 1.74. The van der Waals surface area contributed by atoms with E-state index in [2.05, 4.69) is 31.3 Å². The van der Waals surface area contributed by atoms with Crippen molar-refractivity contribution in [3.8, 4) is 0 Å². The van der Waals surface area contributed by atoms with Crippen molar-refractivity contribution in [2.24, 2.45) is 0 Å². The molecule has 1 aromatic carbocycles. The minimum atomic E-state index is -0.164. The first-order valence-corrected chi connectivity index (χ1v) is 6.81. The number of aryl methyl sites for hydroxylation is 1. The number of nitrogens with one attached hydrogen (secondary N) is 1. The van der Waals surface area contributed by atoms with E-state index in [-0.39, 0.29) is 5.91 Å². The van der Waals surface area contributed by atoms with Crippen LogP contribution in [0.3, 0.4) is 0 Å². The van der Waals surface area contributed by atoms with Crippen molar-refractivity contribution in [2.75, 3.05) is 5.32 Å². The van der Waals surface area contributed by atoms with E-state index < -0.39 is 0 Å². The lowest BCUT2D eigenvalue weighted by Gasteiger charge is -2.05. The molecule has 6 heteroatoms. The highest BCUT2D eigenvalue weighted by atomic mass is 79.9. The van der Waals surface area contributed by atoms with Gasteiger partial charge in [-0.25, -0.2) is 9.50 Å². The fraction of sp³-hybridized carbons (Fsp3) is 0.0714. The highest BCUT2D eigenvalue weighted by Gasteiger charge is 2.07. The zero-order valence-electron chi connectivity index (χ0n) is 10.7. The van der Waals surface area contributed by atoms with Gasteiger partial charge >= 0.3 is 0 Å². The van der Waals surface area contributed by atoms with Gasteiger partial charge in [-0.15, -0.1) is 0 Å². The Morgan fingerprint density at radius 3 is 2.95 bits per heavy atom. The van der Waals surface area contributed by atoms with Gasteiger partial charge in [0.2, 0.25) is 0 Å². The van der Waals surface area contributed by atoms with Gasteiger partial charge in [-0.2, -0.15) is 5.10 Å². The normalized spacial score (nSPS) is 10.7. The first-order chi connectivity index (χ1) is 9.61. The predicted molar refractivity (Wildman–Crippen MR) is 79.8 cm³/mol. The lowest BCUT2D eigenvalue weighted by molar-refractivity contribution is 0.102. The Kier molecular flexibility index (Phi) is 3.23. The summed E-state index contributed by atoms with van der Waals surface area (Å²) >= 11 is 3.35. The molecule has 0 fully saturated rings. The quantitative estimate of drug-likeness (QED) is 0.785. The van der Waals surface area contributed by atoms with E-state index in [4.69, 9.17) is 0 Å². The second kappa shape index (κ2) is 5.05. The van der Waals surface area contributed by atoms with Crippen LogP contribution in [0.1, 0.15) is 16.2 Å². The van der Waals surface area contributed by atoms with Crippen LogP contribution in [-0.2, 0) is 0 Å². The van der Waals surface area contributed by atoms with Crippen molar-refractivity contribution in [1.29, 1.82) is 0 Å². The molecule has 100 valence electrons. The summed E-state index contributed by atoms with van der Waals surface area (Å²) in [5.74, 6) is 0.531. The molecular weight excluding hydrogens is 320 g/mol. The number of rotatable bonds is 2. The van der Waals surface area contributed by atoms with E-state index in [9.17, 15) is 4.79 Å². The number of anilines is 1. The second-order valence-electron chi connectivity index (χ2n) is 4.34. The number of pyridine rings is 1. The van der Waals surface area contributed by atoms with E-state index in [0.717, 1.165) is 10.1 Å². The molecule has 5 nitrogen and oxygen atoms in total. The Morgan fingerprint density at radius 1 is 1.30 bits per heavy atom. The van der Waals surface area contributed by atoms with Crippen LogP contribution < -0.4 is 5.32 Å². The largest absolute Gasteiger partial charge is 0.321 e. The summed E-state index contributed by atoms with van der Waals surface area (Å²) in [6.45, 7) is 1.83. The van der Waals surface area contributed by atoms with Crippen molar-refractivity contribution >= 4 is 33.2 Å². The molecule has 0 aliphatic carbocycles. The Morgan fingerprint density at radius 2 is 2.15 bits per heavy atom. The minimum Gasteiger partial charge on any atom is -0.321 e. The fourth-order valence-corrected chi connectivity index (χ4v) is 2.30. The molecule has 0 unspecified atom stereocenters. The number of amides is 1. The molecule has 0 bridgehead atoms. The molecule has 0 saturated carbocycles. The Labute approximate surface area is 123 Å². The number of aromatic nitrogens is 3. The van der Waals surface area contributed by atoms with Crippen LogP contribution in [0.25, 0.3) is 5.65 Å². The van der Waals surface area contributed by atoms with Gasteiger partial charge in [0.15, 0.2) is 5.65 Å². The molecule has 0 aliphatic rings. The third-order valence-corrected chi connectivity index (χ3v) is 3.27. The van der Waals surface area contributed by atoms with Gasteiger partial charge in [0.05, 0.1) is 11.9 Å². The standard InChI is InChI=1S/C14H11BrN4O/c1-9-16-13-6-5-12(8-19(13)18-9)17-14(20)10-3-2-4-11(15)7-10/h2-8H,1H3,(H,17,20). The number of carbonyl (C=O) groups excluding carboxylic acids is 1. The van der Waals surface area contributed by atoms with E-state index in [1.54, 1.807) is 28.9 Å². The number of hydrogen-bond acceptors (Lipinski definition) is 3. The zero-order chi connectivity index (χ0) is 14.1. The summed E-state index contributed by atoms with van der Waals surface area (Å²) < 4.78 is 2.51. The van der Waals surface area contributed by atoms with Gasteiger partial charge in [0.1, 0.15) is 5.82 Å². The van der Waals surface area contributed by atoms with Crippen molar-refractivity contribution in [3.63, 3.8) is 0 Å². The SMILES string of the molecule is Cc1nc2ccc(NC(=O)c3cccc(Br)c3)cn2n1. The van der Waals surface area contributed by atoms with Crippen molar-refractivity contribution in [1.82, 2.24) is 14.6 Å². The monoisotopic (exact) mass is 330 g/mol. The molecule has 0 spiro atoms. The highest BCUT2D eigenvalue weighted by Crippen LogP contribution is 2.14. The van der Waals surface area contributed by atoms with Crippen LogP contribution in [-0.4, -0.2) is 20.5 Å². The number of benzene rings is 1. The molecule has 2 aromatic heterocycles. The average molecular weight is 331 g/mol.